The first-order chi connectivity index (χ1) is 10.3. The number of anilines is 1. The molecule has 2 atom stereocenters. The summed E-state index contributed by atoms with van der Waals surface area (Å²) in [5, 5.41) is 4.74. The van der Waals surface area contributed by atoms with Crippen LogP contribution >= 0.6 is 11.3 Å². The van der Waals surface area contributed by atoms with Crippen LogP contribution in [0.3, 0.4) is 0 Å². The van der Waals surface area contributed by atoms with Crippen molar-refractivity contribution >= 4 is 26.7 Å². The van der Waals surface area contributed by atoms with Gasteiger partial charge in [0.25, 0.3) is 0 Å². The third-order valence-electron chi connectivity index (χ3n) is 4.76. The second-order valence-corrected chi connectivity index (χ2v) is 7.02. The molecule has 4 nitrogen and oxygen atoms in total. The van der Waals surface area contributed by atoms with Gasteiger partial charge in [0.05, 0.1) is 17.3 Å². The molecule has 0 radical (unpaired) electrons. The highest BCUT2D eigenvalue weighted by molar-refractivity contribution is 7.22. The average Bonchev–Trinajstić information content (AvgIpc) is 3.10. The monoisotopic (exact) mass is 303 g/mol. The molecule has 0 amide bonds. The Balaban J connectivity index is 1.54. The van der Waals surface area contributed by atoms with Gasteiger partial charge in [-0.05, 0) is 44.0 Å². The summed E-state index contributed by atoms with van der Waals surface area (Å²) < 4.78 is 6.48. The predicted molar refractivity (Wildman–Crippen MR) is 87.4 cm³/mol. The molecule has 0 aliphatic carbocycles. The normalized spacial score (nSPS) is 26.0. The van der Waals surface area contributed by atoms with Crippen molar-refractivity contribution in [3.05, 3.63) is 18.2 Å². The van der Waals surface area contributed by atoms with Crippen molar-refractivity contribution in [1.29, 1.82) is 0 Å². The number of thiazole rings is 1. The van der Waals surface area contributed by atoms with Crippen molar-refractivity contribution in [2.45, 2.75) is 37.8 Å². The number of rotatable bonds is 3. The van der Waals surface area contributed by atoms with E-state index >= 15 is 0 Å². The number of hydrogen-bond acceptors (Lipinski definition) is 5. The van der Waals surface area contributed by atoms with Crippen molar-refractivity contribution < 1.29 is 4.74 Å². The number of nitrogens with zero attached hydrogens (tertiary/aromatic N) is 2. The number of ether oxygens (including phenoxy) is 1. The van der Waals surface area contributed by atoms with Gasteiger partial charge in [-0.2, -0.15) is 0 Å². The van der Waals surface area contributed by atoms with Gasteiger partial charge >= 0.3 is 0 Å². The number of nitrogens with one attached hydrogen (secondary N) is 1. The van der Waals surface area contributed by atoms with E-state index in [1.165, 1.54) is 43.5 Å². The van der Waals surface area contributed by atoms with Crippen molar-refractivity contribution in [3.63, 3.8) is 0 Å². The van der Waals surface area contributed by atoms with Crippen LogP contribution in [0.2, 0.25) is 0 Å². The van der Waals surface area contributed by atoms with E-state index in [1.807, 2.05) is 12.1 Å². The van der Waals surface area contributed by atoms with E-state index in [0.717, 1.165) is 16.4 Å². The third kappa shape index (κ3) is 2.49. The van der Waals surface area contributed by atoms with Crippen molar-refractivity contribution in [2.75, 3.05) is 25.5 Å². The van der Waals surface area contributed by atoms with Crippen LogP contribution in [0.4, 0.5) is 5.13 Å². The summed E-state index contributed by atoms with van der Waals surface area (Å²) in [6, 6.07) is 7.36. The largest absolute Gasteiger partial charge is 0.497 e. The number of fused-ring (bicyclic) bond motifs is 2. The summed E-state index contributed by atoms with van der Waals surface area (Å²) in [5.41, 5.74) is 1.06. The highest BCUT2D eigenvalue weighted by atomic mass is 32.1. The van der Waals surface area contributed by atoms with E-state index in [0.29, 0.717) is 12.1 Å². The van der Waals surface area contributed by atoms with Crippen LogP contribution in [0, 0.1) is 0 Å². The Morgan fingerprint density at radius 1 is 1.29 bits per heavy atom. The minimum Gasteiger partial charge on any atom is -0.497 e. The second-order valence-electron chi connectivity index (χ2n) is 5.99. The lowest BCUT2D eigenvalue weighted by molar-refractivity contribution is 0.193. The maximum atomic E-state index is 5.29. The molecule has 2 unspecified atom stereocenters. The third-order valence-corrected chi connectivity index (χ3v) is 5.71. The fourth-order valence-corrected chi connectivity index (χ4v) is 4.62. The smallest absolute Gasteiger partial charge is 0.184 e. The number of hydrogen-bond donors (Lipinski definition) is 1. The first-order valence-electron chi connectivity index (χ1n) is 7.79. The molecular weight excluding hydrogens is 282 g/mol. The Morgan fingerprint density at radius 3 is 3.14 bits per heavy atom. The molecule has 1 aromatic heterocycles. The van der Waals surface area contributed by atoms with E-state index in [2.05, 4.69) is 16.3 Å². The molecule has 1 aromatic carbocycles. The van der Waals surface area contributed by atoms with Gasteiger partial charge in [-0.15, -0.1) is 0 Å². The van der Waals surface area contributed by atoms with Gasteiger partial charge in [0.15, 0.2) is 5.13 Å². The van der Waals surface area contributed by atoms with E-state index in [-0.39, 0.29) is 0 Å². The quantitative estimate of drug-likeness (QED) is 0.943. The van der Waals surface area contributed by atoms with Gasteiger partial charge in [-0.1, -0.05) is 17.8 Å². The van der Waals surface area contributed by atoms with E-state index in [9.17, 15) is 0 Å². The molecule has 3 heterocycles. The zero-order valence-corrected chi connectivity index (χ0v) is 13.2. The molecular formula is C16H21N3OS. The lowest BCUT2D eigenvalue weighted by atomic mass is 9.99. The lowest BCUT2D eigenvalue weighted by Gasteiger charge is -2.32. The SMILES string of the molecule is COc1ccc2nc(NC3CCN4CCCCC34)sc2c1. The number of piperidine rings is 1. The molecule has 2 aliphatic rings. The molecule has 112 valence electrons. The number of methoxy groups -OCH3 is 1. The van der Waals surface area contributed by atoms with Crippen LogP contribution in [-0.2, 0) is 0 Å². The van der Waals surface area contributed by atoms with Gasteiger partial charge in [0.2, 0.25) is 0 Å². The second kappa shape index (κ2) is 5.46. The van der Waals surface area contributed by atoms with Crippen LogP contribution in [0.5, 0.6) is 5.75 Å². The van der Waals surface area contributed by atoms with Crippen molar-refractivity contribution in [1.82, 2.24) is 9.88 Å². The van der Waals surface area contributed by atoms with E-state index in [1.54, 1.807) is 18.4 Å². The van der Waals surface area contributed by atoms with Crippen LogP contribution in [0.15, 0.2) is 18.2 Å². The topological polar surface area (TPSA) is 37.4 Å². The van der Waals surface area contributed by atoms with Gasteiger partial charge in [0.1, 0.15) is 5.75 Å². The van der Waals surface area contributed by atoms with Crippen molar-refractivity contribution in [3.8, 4) is 5.75 Å². The van der Waals surface area contributed by atoms with Gasteiger partial charge in [-0.3, -0.25) is 4.90 Å². The average molecular weight is 303 g/mol. The number of aromatic nitrogens is 1. The molecule has 2 aliphatic heterocycles. The number of benzene rings is 1. The lowest BCUT2D eigenvalue weighted by Crippen LogP contribution is -2.41. The fourth-order valence-electron chi connectivity index (χ4n) is 3.67. The Hall–Kier alpha value is -1.33. The minimum absolute atomic E-state index is 0.563. The summed E-state index contributed by atoms with van der Waals surface area (Å²) in [4.78, 5) is 7.37. The molecule has 0 spiro atoms. The maximum absolute atomic E-state index is 5.29. The summed E-state index contributed by atoms with van der Waals surface area (Å²) in [6.07, 6.45) is 5.31. The molecule has 0 bridgehead atoms. The fraction of sp³-hybridized carbons (Fsp3) is 0.562. The molecule has 0 saturated carbocycles. The van der Waals surface area contributed by atoms with Gasteiger partial charge < -0.3 is 10.1 Å². The zero-order valence-electron chi connectivity index (χ0n) is 12.3. The molecule has 21 heavy (non-hydrogen) atoms. The highest BCUT2D eigenvalue weighted by Gasteiger charge is 2.35. The van der Waals surface area contributed by atoms with E-state index in [4.69, 9.17) is 9.72 Å². The van der Waals surface area contributed by atoms with Crippen LogP contribution < -0.4 is 10.1 Å². The first kappa shape index (κ1) is 13.3. The summed E-state index contributed by atoms with van der Waals surface area (Å²) in [7, 11) is 1.71. The van der Waals surface area contributed by atoms with E-state index < -0.39 is 0 Å². The van der Waals surface area contributed by atoms with Gasteiger partial charge in [0, 0.05) is 18.6 Å². The molecule has 2 fully saturated rings. The summed E-state index contributed by atoms with van der Waals surface area (Å²) >= 11 is 1.73. The molecule has 2 saturated heterocycles. The van der Waals surface area contributed by atoms with Crippen molar-refractivity contribution in [2.24, 2.45) is 0 Å². The van der Waals surface area contributed by atoms with Crippen LogP contribution in [0.1, 0.15) is 25.7 Å². The highest BCUT2D eigenvalue weighted by Crippen LogP contribution is 2.33. The Labute approximate surface area is 129 Å². The maximum Gasteiger partial charge on any atom is 0.184 e. The standard InChI is InChI=1S/C16H21N3OS/c1-20-11-5-6-13-15(10-11)21-16(18-13)17-12-7-9-19-8-3-2-4-14(12)19/h5-6,10,12,14H,2-4,7-9H2,1H3,(H,17,18). The molecule has 1 N–H and O–H groups in total. The Morgan fingerprint density at radius 2 is 2.24 bits per heavy atom. The summed E-state index contributed by atoms with van der Waals surface area (Å²) in [6.45, 7) is 2.51. The Kier molecular flexibility index (Phi) is 3.47. The molecule has 4 rings (SSSR count). The molecule has 2 aromatic rings. The van der Waals surface area contributed by atoms with Gasteiger partial charge in [-0.25, -0.2) is 4.98 Å². The first-order valence-corrected chi connectivity index (χ1v) is 8.60. The van der Waals surface area contributed by atoms with Crippen LogP contribution in [-0.4, -0.2) is 42.2 Å². The summed E-state index contributed by atoms with van der Waals surface area (Å²) in [5.74, 6) is 0.900. The Bertz CT molecular complexity index is 641. The minimum atomic E-state index is 0.563. The zero-order chi connectivity index (χ0) is 14.2. The molecule has 5 heteroatoms. The van der Waals surface area contributed by atoms with Crippen LogP contribution in [0.25, 0.3) is 10.2 Å². The predicted octanol–water partition coefficient (Wildman–Crippen LogP) is 3.34.